The number of nitrogens with zero attached hydrogens (tertiary/aromatic N) is 2. The zero-order valence-electron chi connectivity index (χ0n) is 9.75. The largest absolute Gasteiger partial charge is 0.321 e. The molecule has 5 nitrogen and oxygen atoms in total. The molecule has 1 aromatic carbocycles. The van der Waals surface area contributed by atoms with Crippen molar-refractivity contribution in [2.45, 2.75) is 6.92 Å². The average molecular weight is 241 g/mol. The molecule has 0 saturated carbocycles. The lowest BCUT2D eigenvalue weighted by Gasteiger charge is -2.04. The SMILES string of the molecule is CC(=O)c1ccc(NC(=O)c2cccnn2)cc1. The van der Waals surface area contributed by atoms with Crippen LogP contribution in [0.5, 0.6) is 0 Å². The van der Waals surface area contributed by atoms with Gasteiger partial charge >= 0.3 is 0 Å². The maximum Gasteiger partial charge on any atom is 0.276 e. The maximum absolute atomic E-state index is 11.8. The van der Waals surface area contributed by atoms with E-state index in [9.17, 15) is 9.59 Å². The minimum absolute atomic E-state index is 0.0122. The Hall–Kier alpha value is -2.56. The van der Waals surface area contributed by atoms with Gasteiger partial charge in [-0.2, -0.15) is 5.10 Å². The van der Waals surface area contributed by atoms with Crippen LogP contribution in [0.2, 0.25) is 0 Å². The van der Waals surface area contributed by atoms with Gasteiger partial charge in [-0.3, -0.25) is 9.59 Å². The molecule has 18 heavy (non-hydrogen) atoms. The number of Topliss-reactive ketones (excluding diaryl/α,β-unsaturated/α-hetero) is 1. The molecule has 0 radical (unpaired) electrons. The number of nitrogens with one attached hydrogen (secondary N) is 1. The summed E-state index contributed by atoms with van der Waals surface area (Å²) in [6, 6.07) is 9.88. The minimum atomic E-state index is -0.335. The van der Waals surface area contributed by atoms with Crippen molar-refractivity contribution >= 4 is 17.4 Å². The van der Waals surface area contributed by atoms with E-state index in [1.807, 2.05) is 0 Å². The molecule has 0 bridgehead atoms. The zero-order valence-corrected chi connectivity index (χ0v) is 9.75. The highest BCUT2D eigenvalue weighted by Crippen LogP contribution is 2.11. The van der Waals surface area contributed by atoms with Gasteiger partial charge in [0.1, 0.15) is 0 Å². The summed E-state index contributed by atoms with van der Waals surface area (Å²) < 4.78 is 0. The predicted molar refractivity (Wildman–Crippen MR) is 66.4 cm³/mol. The molecule has 5 heteroatoms. The van der Waals surface area contributed by atoms with Gasteiger partial charge in [0, 0.05) is 17.4 Å². The van der Waals surface area contributed by atoms with Crippen LogP contribution in [0.25, 0.3) is 0 Å². The van der Waals surface area contributed by atoms with E-state index in [1.54, 1.807) is 36.4 Å². The van der Waals surface area contributed by atoms with Gasteiger partial charge in [-0.1, -0.05) is 0 Å². The van der Waals surface area contributed by atoms with Crippen LogP contribution in [0.1, 0.15) is 27.8 Å². The summed E-state index contributed by atoms with van der Waals surface area (Å²) in [6.45, 7) is 1.49. The van der Waals surface area contributed by atoms with E-state index in [0.29, 0.717) is 11.3 Å². The van der Waals surface area contributed by atoms with Crippen molar-refractivity contribution in [3.05, 3.63) is 53.9 Å². The van der Waals surface area contributed by atoms with Crippen molar-refractivity contribution in [3.63, 3.8) is 0 Å². The van der Waals surface area contributed by atoms with E-state index in [2.05, 4.69) is 15.5 Å². The zero-order chi connectivity index (χ0) is 13.0. The van der Waals surface area contributed by atoms with E-state index < -0.39 is 0 Å². The molecule has 2 rings (SSSR count). The van der Waals surface area contributed by atoms with Gasteiger partial charge < -0.3 is 5.32 Å². The molecule has 0 aliphatic carbocycles. The normalized spacial score (nSPS) is 9.83. The van der Waals surface area contributed by atoms with Gasteiger partial charge in [0.25, 0.3) is 5.91 Å². The highest BCUT2D eigenvalue weighted by atomic mass is 16.2. The number of ketones is 1. The molecule has 0 aliphatic rings. The van der Waals surface area contributed by atoms with Gasteiger partial charge in [0.15, 0.2) is 11.5 Å². The second-order valence-corrected chi connectivity index (χ2v) is 3.70. The number of anilines is 1. The van der Waals surface area contributed by atoms with Gasteiger partial charge in [0.2, 0.25) is 0 Å². The molecule has 1 aromatic heterocycles. The second-order valence-electron chi connectivity index (χ2n) is 3.70. The summed E-state index contributed by atoms with van der Waals surface area (Å²) in [5, 5.41) is 10.0. The fourth-order valence-electron chi connectivity index (χ4n) is 1.41. The van der Waals surface area contributed by atoms with Gasteiger partial charge in [-0.25, -0.2) is 0 Å². The molecular weight excluding hydrogens is 230 g/mol. The Kier molecular flexibility index (Phi) is 3.43. The van der Waals surface area contributed by atoms with E-state index in [4.69, 9.17) is 0 Å². The van der Waals surface area contributed by atoms with E-state index in [1.165, 1.54) is 13.1 Å². The molecular formula is C13H11N3O2. The summed E-state index contributed by atoms with van der Waals surface area (Å²) in [4.78, 5) is 22.8. The minimum Gasteiger partial charge on any atom is -0.321 e. The lowest BCUT2D eigenvalue weighted by molar-refractivity contribution is 0.101. The summed E-state index contributed by atoms with van der Waals surface area (Å²) in [7, 11) is 0. The Morgan fingerprint density at radius 3 is 2.39 bits per heavy atom. The third kappa shape index (κ3) is 2.76. The van der Waals surface area contributed by atoms with Crippen molar-refractivity contribution in [2.75, 3.05) is 5.32 Å². The number of hydrogen-bond donors (Lipinski definition) is 1. The smallest absolute Gasteiger partial charge is 0.276 e. The molecule has 0 unspecified atom stereocenters. The molecule has 0 fully saturated rings. The van der Waals surface area contributed by atoms with Crippen LogP contribution in [0.15, 0.2) is 42.6 Å². The third-order valence-corrected chi connectivity index (χ3v) is 2.35. The van der Waals surface area contributed by atoms with Gasteiger partial charge in [-0.15, -0.1) is 5.10 Å². The monoisotopic (exact) mass is 241 g/mol. The quantitative estimate of drug-likeness (QED) is 0.833. The van der Waals surface area contributed by atoms with Crippen molar-refractivity contribution < 1.29 is 9.59 Å². The number of carbonyl (C=O) groups excluding carboxylic acids is 2. The first-order valence-electron chi connectivity index (χ1n) is 5.37. The summed E-state index contributed by atoms with van der Waals surface area (Å²) in [6.07, 6.45) is 1.50. The summed E-state index contributed by atoms with van der Waals surface area (Å²) >= 11 is 0. The van der Waals surface area contributed by atoms with Crippen molar-refractivity contribution in [1.29, 1.82) is 0 Å². The number of carbonyl (C=O) groups is 2. The van der Waals surface area contributed by atoms with Crippen molar-refractivity contribution in [2.24, 2.45) is 0 Å². The first-order valence-corrected chi connectivity index (χ1v) is 5.37. The Balaban J connectivity index is 2.10. The van der Waals surface area contributed by atoms with Crippen LogP contribution in [0.4, 0.5) is 5.69 Å². The molecule has 0 aliphatic heterocycles. The Labute approximate surface area is 104 Å². The van der Waals surface area contributed by atoms with Gasteiger partial charge in [-0.05, 0) is 43.3 Å². The van der Waals surface area contributed by atoms with E-state index >= 15 is 0 Å². The van der Waals surface area contributed by atoms with Crippen LogP contribution in [0, 0.1) is 0 Å². The number of amides is 1. The number of rotatable bonds is 3. The Morgan fingerprint density at radius 1 is 1.11 bits per heavy atom. The van der Waals surface area contributed by atoms with Crippen LogP contribution in [0.3, 0.4) is 0 Å². The highest BCUT2D eigenvalue weighted by molar-refractivity contribution is 6.03. The maximum atomic E-state index is 11.8. The molecule has 2 aromatic rings. The Morgan fingerprint density at radius 2 is 1.83 bits per heavy atom. The predicted octanol–water partition coefficient (Wildman–Crippen LogP) is 1.93. The topological polar surface area (TPSA) is 72.0 Å². The third-order valence-electron chi connectivity index (χ3n) is 2.35. The molecule has 1 heterocycles. The number of hydrogen-bond acceptors (Lipinski definition) is 4. The first kappa shape index (κ1) is 11.9. The van der Waals surface area contributed by atoms with Crippen LogP contribution >= 0.6 is 0 Å². The van der Waals surface area contributed by atoms with Crippen LogP contribution in [-0.4, -0.2) is 21.9 Å². The van der Waals surface area contributed by atoms with Crippen LogP contribution in [-0.2, 0) is 0 Å². The van der Waals surface area contributed by atoms with Gasteiger partial charge in [0.05, 0.1) is 0 Å². The lowest BCUT2D eigenvalue weighted by atomic mass is 10.1. The number of aromatic nitrogens is 2. The molecule has 1 amide bonds. The molecule has 0 spiro atoms. The lowest BCUT2D eigenvalue weighted by Crippen LogP contribution is -2.14. The summed E-state index contributed by atoms with van der Waals surface area (Å²) in [5.41, 5.74) is 1.45. The fourth-order valence-corrected chi connectivity index (χ4v) is 1.41. The molecule has 1 N–H and O–H groups in total. The fraction of sp³-hybridized carbons (Fsp3) is 0.0769. The standard InChI is InChI=1S/C13H11N3O2/c1-9(17)10-4-6-11(7-5-10)15-13(18)12-3-2-8-14-16-12/h2-8H,1H3,(H,15,18). The van der Waals surface area contributed by atoms with Crippen LogP contribution < -0.4 is 5.32 Å². The Bertz CT molecular complexity index is 565. The second kappa shape index (κ2) is 5.18. The van der Waals surface area contributed by atoms with E-state index in [-0.39, 0.29) is 17.4 Å². The van der Waals surface area contributed by atoms with Crippen molar-refractivity contribution in [1.82, 2.24) is 10.2 Å². The number of benzene rings is 1. The summed E-state index contributed by atoms with van der Waals surface area (Å²) in [5.74, 6) is -0.347. The highest BCUT2D eigenvalue weighted by Gasteiger charge is 2.07. The van der Waals surface area contributed by atoms with E-state index in [0.717, 1.165) is 0 Å². The molecule has 0 saturated heterocycles. The first-order chi connectivity index (χ1) is 8.66. The average Bonchev–Trinajstić information content (AvgIpc) is 2.40. The molecule has 0 atom stereocenters. The molecule has 90 valence electrons. The van der Waals surface area contributed by atoms with Crippen molar-refractivity contribution in [3.8, 4) is 0 Å².